The van der Waals surface area contributed by atoms with Crippen molar-refractivity contribution in [3.05, 3.63) is 24.0 Å². The van der Waals surface area contributed by atoms with E-state index in [1.54, 1.807) is 26.4 Å². The number of methoxy groups -OCH3 is 1. The van der Waals surface area contributed by atoms with Gasteiger partial charge in [0.05, 0.1) is 6.61 Å². The van der Waals surface area contributed by atoms with Crippen molar-refractivity contribution in [2.24, 2.45) is 34.5 Å². The molecule has 3 unspecified atom stereocenters. The van der Waals surface area contributed by atoms with E-state index in [0.29, 0.717) is 11.3 Å². The number of hydrogen-bond donors (Lipinski definition) is 0. The molecular weight excluding hydrogens is 272 g/mol. The zero-order valence-corrected chi connectivity index (χ0v) is 13.7. The molecule has 0 N–H and O–H groups in total. The van der Waals surface area contributed by atoms with Crippen molar-refractivity contribution in [3.8, 4) is 0 Å². The van der Waals surface area contributed by atoms with Crippen LogP contribution in [0.2, 0.25) is 0 Å². The molecule has 5 aliphatic carbocycles. The van der Waals surface area contributed by atoms with Crippen LogP contribution in [0.25, 0.3) is 0 Å². The van der Waals surface area contributed by atoms with Crippen molar-refractivity contribution >= 4 is 0 Å². The lowest BCUT2D eigenvalue weighted by atomic mass is 9.30. The molecule has 120 valence electrons. The minimum absolute atomic E-state index is 0.579. The number of allylic oxidation sites excluding steroid dienone is 3. The number of rotatable bonds is 6. The Labute approximate surface area is 133 Å². The maximum absolute atomic E-state index is 6.28. The summed E-state index contributed by atoms with van der Waals surface area (Å²) in [6.45, 7) is 1.85. The third-order valence-corrected chi connectivity index (χ3v) is 7.94. The summed E-state index contributed by atoms with van der Waals surface area (Å²) >= 11 is 0. The van der Waals surface area contributed by atoms with E-state index in [-0.39, 0.29) is 0 Å². The van der Waals surface area contributed by atoms with Crippen LogP contribution in [0.15, 0.2) is 24.0 Å². The van der Waals surface area contributed by atoms with E-state index in [4.69, 9.17) is 9.47 Å². The molecule has 0 aromatic carbocycles. The lowest BCUT2D eigenvalue weighted by molar-refractivity contribution is -0.277. The minimum atomic E-state index is 0.579. The van der Waals surface area contributed by atoms with E-state index >= 15 is 0 Å². The summed E-state index contributed by atoms with van der Waals surface area (Å²) in [7, 11) is 1.78. The van der Waals surface area contributed by atoms with Crippen molar-refractivity contribution < 1.29 is 9.47 Å². The molecule has 0 aliphatic heterocycles. The van der Waals surface area contributed by atoms with Crippen molar-refractivity contribution in [3.63, 3.8) is 0 Å². The molecule has 0 radical (unpaired) electrons. The highest BCUT2D eigenvalue weighted by Crippen LogP contribution is 2.86. The standard InChI is InChI=1S/C20H28O2/c1-21-7-6-14-2-4-18(5-3-14)22-13-19-11-16-8-15-9-17(12-19)20(16,19)10-15/h2,4-5,14-17H,3,6-13H2,1H3. The highest BCUT2D eigenvalue weighted by Gasteiger charge is 2.80. The van der Waals surface area contributed by atoms with Gasteiger partial charge in [-0.2, -0.15) is 0 Å². The molecule has 4 saturated carbocycles. The van der Waals surface area contributed by atoms with Gasteiger partial charge < -0.3 is 9.47 Å². The number of hydrogen-bond acceptors (Lipinski definition) is 2. The number of fused-ring (bicyclic) bond motifs is 1. The first-order valence-electron chi connectivity index (χ1n) is 9.26. The van der Waals surface area contributed by atoms with Crippen LogP contribution in [0.5, 0.6) is 0 Å². The first kappa shape index (κ1) is 13.7. The third kappa shape index (κ3) is 1.60. The molecule has 0 saturated heterocycles. The van der Waals surface area contributed by atoms with Crippen LogP contribution >= 0.6 is 0 Å². The summed E-state index contributed by atoms with van der Waals surface area (Å²) in [5.41, 5.74) is 1.33. The minimum Gasteiger partial charge on any atom is -0.493 e. The second-order valence-corrected chi connectivity index (χ2v) is 8.70. The highest BCUT2D eigenvalue weighted by atomic mass is 16.5. The van der Waals surface area contributed by atoms with Crippen LogP contribution < -0.4 is 0 Å². The molecule has 2 nitrogen and oxygen atoms in total. The molecule has 5 rings (SSSR count). The molecular formula is C20H28O2. The summed E-state index contributed by atoms with van der Waals surface area (Å²) < 4.78 is 11.4. The Hall–Kier alpha value is -0.760. The van der Waals surface area contributed by atoms with Gasteiger partial charge in [0.25, 0.3) is 0 Å². The lowest BCUT2D eigenvalue weighted by Gasteiger charge is -2.74. The van der Waals surface area contributed by atoms with Gasteiger partial charge >= 0.3 is 0 Å². The van der Waals surface area contributed by atoms with E-state index in [2.05, 4.69) is 18.2 Å². The predicted molar refractivity (Wildman–Crippen MR) is 86.2 cm³/mol. The van der Waals surface area contributed by atoms with Gasteiger partial charge in [-0.25, -0.2) is 0 Å². The summed E-state index contributed by atoms with van der Waals surface area (Å²) in [5, 5.41) is 0. The maximum Gasteiger partial charge on any atom is 0.115 e. The van der Waals surface area contributed by atoms with Crippen LogP contribution in [-0.2, 0) is 9.47 Å². The fraction of sp³-hybridized carbons (Fsp3) is 0.800. The Kier molecular flexibility index (Phi) is 2.87. The molecule has 0 amide bonds. The highest BCUT2D eigenvalue weighted by molar-refractivity contribution is 5.29. The van der Waals surface area contributed by atoms with E-state index in [9.17, 15) is 0 Å². The van der Waals surface area contributed by atoms with Gasteiger partial charge in [-0.15, -0.1) is 0 Å². The van der Waals surface area contributed by atoms with Gasteiger partial charge in [0.15, 0.2) is 0 Å². The van der Waals surface area contributed by atoms with Gasteiger partial charge in [-0.05, 0) is 86.2 Å². The zero-order chi connectivity index (χ0) is 14.8. The molecule has 22 heavy (non-hydrogen) atoms. The molecule has 1 spiro atoms. The van der Waals surface area contributed by atoms with Gasteiger partial charge in [0, 0.05) is 19.1 Å². The first-order chi connectivity index (χ1) is 10.8. The summed E-state index contributed by atoms with van der Waals surface area (Å²) in [5.74, 6) is 4.98. The summed E-state index contributed by atoms with van der Waals surface area (Å²) in [6.07, 6.45) is 16.6. The number of ether oxygens (including phenoxy) is 2. The molecule has 4 fully saturated rings. The molecule has 2 bridgehead atoms. The smallest absolute Gasteiger partial charge is 0.115 e. The zero-order valence-electron chi connectivity index (χ0n) is 13.7. The van der Waals surface area contributed by atoms with Crippen molar-refractivity contribution in [1.29, 1.82) is 0 Å². The van der Waals surface area contributed by atoms with Crippen molar-refractivity contribution in [1.82, 2.24) is 0 Å². The van der Waals surface area contributed by atoms with Gasteiger partial charge in [-0.3, -0.25) is 0 Å². The second kappa shape index (κ2) is 4.63. The monoisotopic (exact) mass is 300 g/mol. The SMILES string of the molecule is COCCC1C=CC(OCC23CC4CC5CC(C2)C43C5)=CC1. The normalized spacial score (nSPS) is 50.1. The van der Waals surface area contributed by atoms with E-state index < -0.39 is 0 Å². The van der Waals surface area contributed by atoms with Crippen LogP contribution in [-0.4, -0.2) is 20.3 Å². The van der Waals surface area contributed by atoms with Crippen molar-refractivity contribution in [2.45, 2.75) is 44.9 Å². The van der Waals surface area contributed by atoms with Gasteiger partial charge in [0.1, 0.15) is 5.76 Å². The Morgan fingerprint density at radius 1 is 1.18 bits per heavy atom. The lowest BCUT2D eigenvalue weighted by Crippen LogP contribution is -2.69. The first-order valence-corrected chi connectivity index (χ1v) is 9.26. The Morgan fingerprint density at radius 3 is 2.64 bits per heavy atom. The van der Waals surface area contributed by atoms with Crippen molar-refractivity contribution in [2.75, 3.05) is 20.3 Å². The average molecular weight is 300 g/mol. The quantitative estimate of drug-likeness (QED) is 0.727. The Bertz CT molecular complexity index is 516. The van der Waals surface area contributed by atoms with E-state index in [0.717, 1.165) is 55.0 Å². The molecule has 5 aliphatic rings. The molecule has 0 heterocycles. The Morgan fingerprint density at radius 2 is 2.00 bits per heavy atom. The van der Waals surface area contributed by atoms with Crippen LogP contribution in [0.4, 0.5) is 0 Å². The molecule has 3 atom stereocenters. The van der Waals surface area contributed by atoms with Gasteiger partial charge in [0.2, 0.25) is 0 Å². The third-order valence-electron chi connectivity index (χ3n) is 7.94. The predicted octanol–water partition coefficient (Wildman–Crippen LogP) is 4.33. The Balaban J connectivity index is 1.18. The fourth-order valence-electron chi connectivity index (χ4n) is 7.10. The summed E-state index contributed by atoms with van der Waals surface area (Å²) in [4.78, 5) is 0. The van der Waals surface area contributed by atoms with Crippen LogP contribution in [0.3, 0.4) is 0 Å². The average Bonchev–Trinajstić information content (AvgIpc) is 3.04. The molecule has 0 aromatic rings. The maximum atomic E-state index is 6.28. The molecule has 0 aromatic heterocycles. The van der Waals surface area contributed by atoms with Crippen LogP contribution in [0.1, 0.15) is 44.9 Å². The largest absolute Gasteiger partial charge is 0.493 e. The van der Waals surface area contributed by atoms with Gasteiger partial charge in [-0.1, -0.05) is 6.08 Å². The van der Waals surface area contributed by atoms with E-state index in [1.165, 1.54) is 12.8 Å². The topological polar surface area (TPSA) is 18.5 Å². The van der Waals surface area contributed by atoms with E-state index in [1.807, 2.05) is 0 Å². The second-order valence-electron chi connectivity index (χ2n) is 8.70. The summed E-state index contributed by atoms with van der Waals surface area (Å²) in [6, 6.07) is 0. The van der Waals surface area contributed by atoms with Crippen LogP contribution in [0, 0.1) is 34.5 Å². The fourth-order valence-corrected chi connectivity index (χ4v) is 7.10. The molecule has 2 heteroatoms.